The van der Waals surface area contributed by atoms with E-state index in [1.165, 1.54) is 11.1 Å². The Hall–Kier alpha value is -2.74. The number of aryl methyl sites for hydroxylation is 1. The van der Waals surface area contributed by atoms with Gasteiger partial charge in [0.15, 0.2) is 0 Å². The van der Waals surface area contributed by atoms with E-state index < -0.39 is 0 Å². The molecule has 0 amide bonds. The van der Waals surface area contributed by atoms with Crippen molar-refractivity contribution in [1.82, 2.24) is 0 Å². The highest BCUT2D eigenvalue weighted by Gasteiger charge is 2.10. The van der Waals surface area contributed by atoms with Crippen molar-refractivity contribution < 1.29 is 9.47 Å². The normalized spacial score (nSPS) is 10.4. The molecule has 0 aromatic heterocycles. The molecule has 0 fully saturated rings. The molecule has 3 aromatic carbocycles. The van der Waals surface area contributed by atoms with Crippen molar-refractivity contribution in [1.29, 1.82) is 0 Å². The molecule has 0 atom stereocenters. The zero-order valence-electron chi connectivity index (χ0n) is 13.7. The zero-order chi connectivity index (χ0) is 16.2. The molecule has 0 bridgehead atoms. The quantitative estimate of drug-likeness (QED) is 0.647. The third-order valence-electron chi connectivity index (χ3n) is 4.02. The lowest BCUT2D eigenvalue weighted by Crippen LogP contribution is -1.93. The van der Waals surface area contributed by atoms with E-state index in [4.69, 9.17) is 9.47 Å². The maximum Gasteiger partial charge on any atom is 0.127 e. The average Bonchev–Trinajstić information content (AvgIpc) is 2.62. The predicted octanol–water partition coefficient (Wildman–Crippen LogP) is 5.35. The molecule has 0 aliphatic rings. The van der Waals surface area contributed by atoms with Crippen molar-refractivity contribution >= 4 is 0 Å². The molecule has 0 N–H and O–H groups in total. The summed E-state index contributed by atoms with van der Waals surface area (Å²) in [6.45, 7) is 2.02. The predicted molar refractivity (Wildman–Crippen MR) is 95.2 cm³/mol. The molecule has 0 aliphatic carbocycles. The Bertz CT molecular complexity index is 790. The van der Waals surface area contributed by atoms with Crippen molar-refractivity contribution in [3.63, 3.8) is 0 Å². The molecule has 0 heterocycles. The summed E-state index contributed by atoms with van der Waals surface area (Å²) in [5.74, 6) is 1.73. The summed E-state index contributed by atoms with van der Waals surface area (Å²) >= 11 is 0. The van der Waals surface area contributed by atoms with Crippen molar-refractivity contribution in [3.8, 4) is 33.8 Å². The first-order valence-electron chi connectivity index (χ1n) is 7.61. The van der Waals surface area contributed by atoms with E-state index in [0.29, 0.717) is 0 Å². The van der Waals surface area contributed by atoms with Crippen molar-refractivity contribution in [2.45, 2.75) is 6.92 Å². The summed E-state index contributed by atoms with van der Waals surface area (Å²) in [7, 11) is 3.39. The average molecular weight is 304 g/mol. The minimum Gasteiger partial charge on any atom is -0.496 e. The van der Waals surface area contributed by atoms with Crippen molar-refractivity contribution in [2.24, 2.45) is 0 Å². The van der Waals surface area contributed by atoms with Gasteiger partial charge in [-0.05, 0) is 41.3 Å². The van der Waals surface area contributed by atoms with E-state index in [9.17, 15) is 0 Å². The standard InChI is InChI=1S/C21H20O2/c1-15-13-21(23-3)19(14-20(15)22-2)18-11-9-17(10-12-18)16-7-5-4-6-8-16/h4-14H,1-3H3. The van der Waals surface area contributed by atoms with Gasteiger partial charge >= 0.3 is 0 Å². The third-order valence-corrected chi connectivity index (χ3v) is 4.02. The van der Waals surface area contributed by atoms with Crippen LogP contribution in [0.2, 0.25) is 0 Å². The van der Waals surface area contributed by atoms with Crippen molar-refractivity contribution in [3.05, 3.63) is 72.3 Å². The summed E-state index contributed by atoms with van der Waals surface area (Å²) in [6, 6.07) is 22.9. The highest BCUT2D eigenvalue weighted by Crippen LogP contribution is 2.36. The Labute approximate surface area is 137 Å². The van der Waals surface area contributed by atoms with Crippen LogP contribution in [0.3, 0.4) is 0 Å². The Morgan fingerprint density at radius 2 is 1.17 bits per heavy atom. The molecule has 0 saturated heterocycles. The fraction of sp³-hybridized carbons (Fsp3) is 0.143. The van der Waals surface area contributed by atoms with Crippen LogP contribution in [0, 0.1) is 6.92 Å². The minimum absolute atomic E-state index is 0.857. The third kappa shape index (κ3) is 3.07. The van der Waals surface area contributed by atoms with Crippen LogP contribution in [-0.4, -0.2) is 14.2 Å². The van der Waals surface area contributed by atoms with Gasteiger partial charge in [0.1, 0.15) is 11.5 Å². The van der Waals surface area contributed by atoms with Gasteiger partial charge in [0.05, 0.1) is 14.2 Å². The minimum atomic E-state index is 0.857. The van der Waals surface area contributed by atoms with Gasteiger partial charge in [0.25, 0.3) is 0 Å². The van der Waals surface area contributed by atoms with E-state index in [1.807, 2.05) is 25.1 Å². The maximum absolute atomic E-state index is 5.54. The monoisotopic (exact) mass is 304 g/mol. The number of hydrogen-bond donors (Lipinski definition) is 0. The van der Waals surface area contributed by atoms with Gasteiger partial charge in [-0.3, -0.25) is 0 Å². The first-order valence-corrected chi connectivity index (χ1v) is 7.61. The number of methoxy groups -OCH3 is 2. The number of ether oxygens (including phenoxy) is 2. The fourth-order valence-corrected chi connectivity index (χ4v) is 2.75. The molecule has 23 heavy (non-hydrogen) atoms. The lowest BCUT2D eigenvalue weighted by atomic mass is 9.98. The maximum atomic E-state index is 5.54. The van der Waals surface area contributed by atoms with Crippen LogP contribution in [0.4, 0.5) is 0 Å². The molecular formula is C21H20O2. The molecule has 2 heteroatoms. The second-order valence-electron chi connectivity index (χ2n) is 5.47. The molecular weight excluding hydrogens is 284 g/mol. The molecule has 0 radical (unpaired) electrons. The first-order chi connectivity index (χ1) is 11.2. The SMILES string of the molecule is COc1cc(-c2ccc(-c3ccccc3)cc2)c(OC)cc1C. The topological polar surface area (TPSA) is 18.5 Å². The molecule has 0 aliphatic heterocycles. The molecule has 3 aromatic rings. The van der Waals surface area contributed by atoms with Crippen LogP contribution in [-0.2, 0) is 0 Å². The van der Waals surface area contributed by atoms with E-state index in [0.717, 1.165) is 28.2 Å². The van der Waals surface area contributed by atoms with E-state index in [-0.39, 0.29) is 0 Å². The van der Waals surface area contributed by atoms with E-state index >= 15 is 0 Å². The molecule has 0 saturated carbocycles. The summed E-state index contributed by atoms with van der Waals surface area (Å²) < 4.78 is 11.0. The zero-order valence-corrected chi connectivity index (χ0v) is 13.7. The van der Waals surface area contributed by atoms with Crippen LogP contribution >= 0.6 is 0 Å². The van der Waals surface area contributed by atoms with Gasteiger partial charge < -0.3 is 9.47 Å². The fourth-order valence-electron chi connectivity index (χ4n) is 2.75. The second-order valence-corrected chi connectivity index (χ2v) is 5.47. The highest BCUT2D eigenvalue weighted by molar-refractivity contribution is 5.76. The summed E-state index contributed by atoms with van der Waals surface area (Å²) in [6.07, 6.45) is 0. The molecule has 0 unspecified atom stereocenters. The first kappa shape index (κ1) is 15.2. The van der Waals surface area contributed by atoms with Crippen LogP contribution in [0.5, 0.6) is 11.5 Å². The molecule has 0 spiro atoms. The molecule has 116 valence electrons. The molecule has 2 nitrogen and oxygen atoms in total. The smallest absolute Gasteiger partial charge is 0.127 e. The Morgan fingerprint density at radius 3 is 1.78 bits per heavy atom. The van der Waals surface area contributed by atoms with Gasteiger partial charge in [-0.15, -0.1) is 0 Å². The highest BCUT2D eigenvalue weighted by atomic mass is 16.5. The largest absolute Gasteiger partial charge is 0.496 e. The Kier molecular flexibility index (Phi) is 4.33. The van der Waals surface area contributed by atoms with E-state index in [1.54, 1.807) is 14.2 Å². The number of benzene rings is 3. The Balaban J connectivity index is 2.02. The van der Waals surface area contributed by atoms with Gasteiger partial charge in [0, 0.05) is 5.56 Å². The summed E-state index contributed by atoms with van der Waals surface area (Å²) in [4.78, 5) is 0. The van der Waals surface area contributed by atoms with Gasteiger partial charge in [-0.1, -0.05) is 54.6 Å². The Morgan fingerprint density at radius 1 is 0.609 bits per heavy atom. The lowest BCUT2D eigenvalue weighted by molar-refractivity contribution is 0.402. The number of hydrogen-bond acceptors (Lipinski definition) is 2. The van der Waals surface area contributed by atoms with Crippen LogP contribution in [0.25, 0.3) is 22.3 Å². The summed E-state index contributed by atoms with van der Waals surface area (Å²) in [5.41, 5.74) is 5.63. The van der Waals surface area contributed by atoms with Gasteiger partial charge in [-0.25, -0.2) is 0 Å². The van der Waals surface area contributed by atoms with Gasteiger partial charge in [0.2, 0.25) is 0 Å². The van der Waals surface area contributed by atoms with Crippen LogP contribution in [0.1, 0.15) is 5.56 Å². The lowest BCUT2D eigenvalue weighted by Gasteiger charge is -2.13. The second kappa shape index (κ2) is 6.57. The number of rotatable bonds is 4. The van der Waals surface area contributed by atoms with Crippen LogP contribution < -0.4 is 9.47 Å². The van der Waals surface area contributed by atoms with Crippen molar-refractivity contribution in [2.75, 3.05) is 14.2 Å². The van der Waals surface area contributed by atoms with Crippen LogP contribution in [0.15, 0.2) is 66.7 Å². The molecule has 3 rings (SSSR count). The van der Waals surface area contributed by atoms with Gasteiger partial charge in [-0.2, -0.15) is 0 Å². The summed E-state index contributed by atoms with van der Waals surface area (Å²) in [5, 5.41) is 0. The van der Waals surface area contributed by atoms with E-state index in [2.05, 4.69) is 48.5 Å².